The van der Waals surface area contributed by atoms with Crippen molar-refractivity contribution in [3.05, 3.63) is 16.4 Å². The lowest BCUT2D eigenvalue weighted by Gasteiger charge is -2.05. The molecule has 3 nitrogen and oxygen atoms in total. The molecule has 0 aromatic carbocycles. The monoisotopic (exact) mass is 257 g/mol. The molecule has 1 rings (SSSR count). The molecule has 0 aliphatic rings. The minimum absolute atomic E-state index is 0.817. The first-order valence-electron chi connectivity index (χ1n) is 6.57. The number of hydrogen-bond donors (Lipinski definition) is 1. The van der Waals surface area contributed by atoms with Crippen molar-refractivity contribution >= 4 is 11.6 Å². The number of nitrogens with one attached hydrogen (secondary N) is 1. The summed E-state index contributed by atoms with van der Waals surface area (Å²) >= 11 is 6.10. The molecule has 0 amide bonds. The van der Waals surface area contributed by atoms with E-state index in [0.717, 1.165) is 36.0 Å². The lowest BCUT2D eigenvalue weighted by atomic mass is 10.2. The average Bonchev–Trinajstić information content (AvgIpc) is 2.56. The molecule has 0 spiro atoms. The Morgan fingerprint density at radius 1 is 1.18 bits per heavy atom. The molecule has 0 saturated carbocycles. The van der Waals surface area contributed by atoms with Crippen molar-refractivity contribution in [1.82, 2.24) is 15.1 Å². The van der Waals surface area contributed by atoms with E-state index in [1.807, 2.05) is 18.5 Å². The predicted molar refractivity (Wildman–Crippen MR) is 73.7 cm³/mol. The molecule has 4 heteroatoms. The molecule has 0 fully saturated rings. The van der Waals surface area contributed by atoms with Gasteiger partial charge < -0.3 is 5.32 Å². The lowest BCUT2D eigenvalue weighted by Crippen LogP contribution is -2.13. The third kappa shape index (κ3) is 4.68. The normalized spacial score (nSPS) is 11.1. The van der Waals surface area contributed by atoms with Gasteiger partial charge in [-0.05, 0) is 39.8 Å². The first-order valence-corrected chi connectivity index (χ1v) is 6.94. The van der Waals surface area contributed by atoms with Crippen LogP contribution in [0.25, 0.3) is 0 Å². The Morgan fingerprint density at radius 2 is 1.88 bits per heavy atom. The third-order valence-corrected chi connectivity index (χ3v) is 3.56. The number of aromatic nitrogens is 2. The Bertz CT molecular complexity index is 334. The standard InChI is InChI=1S/C13H24ClN3/c1-4-15-9-7-5-6-8-10-17-12(3)13(14)11(2)16-17/h15H,4-10H2,1-3H3. The summed E-state index contributed by atoms with van der Waals surface area (Å²) in [5.74, 6) is 0. The highest BCUT2D eigenvalue weighted by Gasteiger charge is 2.07. The van der Waals surface area contributed by atoms with Gasteiger partial charge in [0, 0.05) is 6.54 Å². The molecule has 0 saturated heterocycles. The number of nitrogens with zero attached hydrogens (tertiary/aromatic N) is 2. The summed E-state index contributed by atoms with van der Waals surface area (Å²) in [6.45, 7) is 9.34. The topological polar surface area (TPSA) is 29.9 Å². The molecule has 0 bridgehead atoms. The Hall–Kier alpha value is -0.540. The van der Waals surface area contributed by atoms with E-state index < -0.39 is 0 Å². The molecule has 0 atom stereocenters. The maximum absolute atomic E-state index is 6.10. The summed E-state index contributed by atoms with van der Waals surface area (Å²) in [5, 5.41) is 8.59. The van der Waals surface area contributed by atoms with Gasteiger partial charge in [0.2, 0.25) is 0 Å². The summed E-state index contributed by atoms with van der Waals surface area (Å²) in [4.78, 5) is 0. The fraction of sp³-hybridized carbons (Fsp3) is 0.769. The van der Waals surface area contributed by atoms with Crippen LogP contribution < -0.4 is 5.32 Å². The zero-order valence-electron chi connectivity index (χ0n) is 11.2. The maximum Gasteiger partial charge on any atom is 0.0844 e. The highest BCUT2D eigenvalue weighted by atomic mass is 35.5. The average molecular weight is 258 g/mol. The SMILES string of the molecule is CCNCCCCCCn1nc(C)c(Cl)c1C. The van der Waals surface area contributed by atoms with Crippen LogP contribution in [0.1, 0.15) is 44.0 Å². The van der Waals surface area contributed by atoms with Gasteiger partial charge >= 0.3 is 0 Å². The van der Waals surface area contributed by atoms with E-state index in [4.69, 9.17) is 11.6 Å². The van der Waals surface area contributed by atoms with E-state index in [9.17, 15) is 0 Å². The number of hydrogen-bond acceptors (Lipinski definition) is 2. The maximum atomic E-state index is 6.10. The molecular formula is C13H24ClN3. The molecule has 1 N–H and O–H groups in total. The summed E-state index contributed by atoms with van der Waals surface area (Å²) in [5.41, 5.74) is 2.04. The first-order chi connectivity index (χ1) is 8.16. The lowest BCUT2D eigenvalue weighted by molar-refractivity contribution is 0.518. The zero-order valence-corrected chi connectivity index (χ0v) is 12.0. The Kier molecular flexibility index (Phi) is 6.60. The van der Waals surface area contributed by atoms with Crippen LogP contribution >= 0.6 is 11.6 Å². The molecule has 98 valence electrons. The van der Waals surface area contributed by atoms with Crippen molar-refractivity contribution in [3.8, 4) is 0 Å². The van der Waals surface area contributed by atoms with Crippen molar-refractivity contribution in [2.24, 2.45) is 0 Å². The number of rotatable bonds is 8. The van der Waals surface area contributed by atoms with Gasteiger partial charge in [0.05, 0.1) is 16.4 Å². The molecular weight excluding hydrogens is 234 g/mol. The van der Waals surface area contributed by atoms with E-state index in [2.05, 4.69) is 17.3 Å². The van der Waals surface area contributed by atoms with Gasteiger partial charge in [0.25, 0.3) is 0 Å². The molecule has 0 aliphatic carbocycles. The second-order valence-electron chi connectivity index (χ2n) is 4.48. The predicted octanol–water partition coefficient (Wildman–Crippen LogP) is 3.32. The van der Waals surface area contributed by atoms with Crippen LogP contribution in [0.2, 0.25) is 5.02 Å². The Morgan fingerprint density at radius 3 is 2.47 bits per heavy atom. The van der Waals surface area contributed by atoms with Crippen molar-refractivity contribution in [3.63, 3.8) is 0 Å². The minimum atomic E-state index is 0.817. The second kappa shape index (κ2) is 7.72. The molecule has 0 aliphatic heterocycles. The quantitative estimate of drug-likeness (QED) is 0.724. The van der Waals surface area contributed by atoms with E-state index >= 15 is 0 Å². The van der Waals surface area contributed by atoms with E-state index in [-0.39, 0.29) is 0 Å². The van der Waals surface area contributed by atoms with Gasteiger partial charge in [0.1, 0.15) is 0 Å². The second-order valence-corrected chi connectivity index (χ2v) is 4.85. The van der Waals surface area contributed by atoms with E-state index in [0.29, 0.717) is 0 Å². The molecule has 0 radical (unpaired) electrons. The van der Waals surface area contributed by atoms with Gasteiger partial charge in [-0.1, -0.05) is 31.4 Å². The first kappa shape index (κ1) is 14.5. The fourth-order valence-electron chi connectivity index (χ4n) is 1.93. The van der Waals surface area contributed by atoms with Gasteiger partial charge in [-0.15, -0.1) is 0 Å². The van der Waals surface area contributed by atoms with Crippen LogP contribution in [0.5, 0.6) is 0 Å². The number of aryl methyl sites for hydroxylation is 2. The highest BCUT2D eigenvalue weighted by molar-refractivity contribution is 6.31. The van der Waals surface area contributed by atoms with Crippen LogP contribution in [0, 0.1) is 13.8 Å². The summed E-state index contributed by atoms with van der Waals surface area (Å²) in [7, 11) is 0. The molecule has 1 heterocycles. The minimum Gasteiger partial charge on any atom is -0.317 e. The van der Waals surface area contributed by atoms with Crippen LogP contribution in [0.15, 0.2) is 0 Å². The van der Waals surface area contributed by atoms with Gasteiger partial charge in [-0.25, -0.2) is 0 Å². The van der Waals surface area contributed by atoms with Crippen LogP contribution in [0.4, 0.5) is 0 Å². The Balaban J connectivity index is 2.16. The number of unbranched alkanes of at least 4 members (excludes halogenated alkanes) is 3. The van der Waals surface area contributed by atoms with Crippen LogP contribution in [-0.4, -0.2) is 22.9 Å². The van der Waals surface area contributed by atoms with E-state index in [1.54, 1.807) is 0 Å². The molecule has 17 heavy (non-hydrogen) atoms. The van der Waals surface area contributed by atoms with Gasteiger partial charge in [0.15, 0.2) is 0 Å². The molecule has 1 aromatic rings. The van der Waals surface area contributed by atoms with Gasteiger partial charge in [-0.3, -0.25) is 4.68 Å². The Labute approximate surface area is 110 Å². The summed E-state index contributed by atoms with van der Waals surface area (Å²) in [6.07, 6.45) is 5.01. The van der Waals surface area contributed by atoms with Crippen LogP contribution in [-0.2, 0) is 6.54 Å². The molecule has 0 unspecified atom stereocenters. The number of halogens is 1. The molecule has 1 aromatic heterocycles. The smallest absolute Gasteiger partial charge is 0.0844 e. The third-order valence-electron chi connectivity index (χ3n) is 3.02. The fourth-order valence-corrected chi connectivity index (χ4v) is 2.07. The van der Waals surface area contributed by atoms with E-state index in [1.165, 1.54) is 25.7 Å². The van der Waals surface area contributed by atoms with Crippen molar-refractivity contribution in [1.29, 1.82) is 0 Å². The van der Waals surface area contributed by atoms with Crippen molar-refractivity contribution in [2.75, 3.05) is 13.1 Å². The summed E-state index contributed by atoms with van der Waals surface area (Å²) < 4.78 is 2.03. The van der Waals surface area contributed by atoms with Crippen molar-refractivity contribution < 1.29 is 0 Å². The largest absolute Gasteiger partial charge is 0.317 e. The van der Waals surface area contributed by atoms with Crippen LogP contribution in [0.3, 0.4) is 0 Å². The summed E-state index contributed by atoms with van der Waals surface area (Å²) in [6, 6.07) is 0. The van der Waals surface area contributed by atoms with Crippen molar-refractivity contribution in [2.45, 2.75) is 53.0 Å². The zero-order chi connectivity index (χ0) is 12.7. The van der Waals surface area contributed by atoms with Gasteiger partial charge in [-0.2, -0.15) is 5.10 Å². The highest BCUT2D eigenvalue weighted by Crippen LogP contribution is 2.19.